The molecule has 1 heteroatoms. The van der Waals surface area contributed by atoms with Crippen LogP contribution in [0.15, 0.2) is 24.3 Å². The van der Waals surface area contributed by atoms with Gasteiger partial charge in [-0.05, 0) is 42.2 Å². The van der Waals surface area contributed by atoms with Gasteiger partial charge < -0.3 is 5.11 Å². The molecule has 1 aliphatic rings. The van der Waals surface area contributed by atoms with Gasteiger partial charge in [0.2, 0.25) is 0 Å². The molecule has 1 aliphatic carbocycles. The highest BCUT2D eigenvalue weighted by molar-refractivity contribution is 5.32. The first-order valence-electron chi connectivity index (χ1n) is 5.91. The van der Waals surface area contributed by atoms with E-state index < -0.39 is 0 Å². The quantitative estimate of drug-likeness (QED) is 0.802. The van der Waals surface area contributed by atoms with Crippen LogP contribution in [0.2, 0.25) is 0 Å². The molecule has 82 valence electrons. The van der Waals surface area contributed by atoms with E-state index in [0.717, 1.165) is 19.3 Å². The number of aliphatic hydroxyl groups excluding tert-OH is 1. The van der Waals surface area contributed by atoms with Crippen LogP contribution >= 0.6 is 0 Å². The van der Waals surface area contributed by atoms with Crippen molar-refractivity contribution >= 4 is 0 Å². The van der Waals surface area contributed by atoms with Gasteiger partial charge in [0, 0.05) is 0 Å². The maximum Gasteiger partial charge on any atom is 0.0577 e. The van der Waals surface area contributed by atoms with Gasteiger partial charge in [-0.1, -0.05) is 38.1 Å². The highest BCUT2D eigenvalue weighted by atomic mass is 16.3. The summed E-state index contributed by atoms with van der Waals surface area (Å²) in [7, 11) is 0. The normalized spacial score (nSPS) is 18.1. The summed E-state index contributed by atoms with van der Waals surface area (Å²) in [5.41, 5.74) is 2.87. The molecule has 15 heavy (non-hydrogen) atoms. The molecule has 0 spiro atoms. The van der Waals surface area contributed by atoms with E-state index in [1.807, 2.05) is 0 Å². The van der Waals surface area contributed by atoms with Crippen LogP contribution in [-0.2, 0) is 12.8 Å². The number of rotatable bonds is 3. The molecule has 1 aromatic carbocycles. The van der Waals surface area contributed by atoms with E-state index in [0.29, 0.717) is 11.8 Å². The van der Waals surface area contributed by atoms with E-state index in [1.165, 1.54) is 11.1 Å². The Morgan fingerprint density at radius 1 is 1.20 bits per heavy atom. The van der Waals surface area contributed by atoms with E-state index in [9.17, 15) is 5.11 Å². The molecule has 0 saturated heterocycles. The maximum atomic E-state index is 10.1. The largest absolute Gasteiger partial charge is 0.393 e. The summed E-state index contributed by atoms with van der Waals surface area (Å²) in [5, 5.41) is 10.1. The van der Waals surface area contributed by atoms with Crippen LogP contribution < -0.4 is 0 Å². The molecule has 2 rings (SSSR count). The van der Waals surface area contributed by atoms with Gasteiger partial charge in [0.1, 0.15) is 0 Å². The molecular weight excluding hydrogens is 184 g/mol. The Hall–Kier alpha value is -0.820. The second kappa shape index (κ2) is 4.36. The van der Waals surface area contributed by atoms with E-state index in [1.54, 1.807) is 0 Å². The van der Waals surface area contributed by atoms with E-state index in [2.05, 4.69) is 38.1 Å². The van der Waals surface area contributed by atoms with Crippen molar-refractivity contribution < 1.29 is 5.11 Å². The molecule has 0 aliphatic heterocycles. The van der Waals surface area contributed by atoms with Crippen molar-refractivity contribution in [2.24, 2.45) is 11.8 Å². The molecule has 0 heterocycles. The van der Waals surface area contributed by atoms with Gasteiger partial charge in [0.25, 0.3) is 0 Å². The van der Waals surface area contributed by atoms with Crippen molar-refractivity contribution in [3.05, 3.63) is 35.4 Å². The molecular formula is C14H20O. The fourth-order valence-corrected chi connectivity index (χ4v) is 2.54. The summed E-state index contributed by atoms with van der Waals surface area (Å²) in [4.78, 5) is 0. The summed E-state index contributed by atoms with van der Waals surface area (Å²) in [6, 6.07) is 8.57. The maximum absolute atomic E-state index is 10.1. The van der Waals surface area contributed by atoms with Crippen LogP contribution in [-0.4, -0.2) is 11.2 Å². The Bertz CT molecular complexity index is 305. The number of hydrogen-bond donors (Lipinski definition) is 1. The summed E-state index contributed by atoms with van der Waals surface area (Å²) in [5.74, 6) is 1.04. The fourth-order valence-electron chi connectivity index (χ4n) is 2.54. The lowest BCUT2D eigenvalue weighted by Gasteiger charge is -2.19. The number of benzene rings is 1. The van der Waals surface area contributed by atoms with Crippen LogP contribution in [0, 0.1) is 11.8 Å². The standard InChI is InChI=1S/C14H20O/c1-10(2)7-14(15)13-8-11-5-3-4-6-12(11)9-13/h3-6,10,13-15H,7-9H2,1-2H3. The van der Waals surface area contributed by atoms with Crippen LogP contribution in [0.1, 0.15) is 31.4 Å². The van der Waals surface area contributed by atoms with E-state index >= 15 is 0 Å². The number of aliphatic hydroxyl groups is 1. The molecule has 0 saturated carbocycles. The summed E-state index contributed by atoms with van der Waals surface area (Å²) >= 11 is 0. The van der Waals surface area contributed by atoms with Crippen molar-refractivity contribution in [2.45, 2.75) is 39.2 Å². The third-order valence-electron chi connectivity index (χ3n) is 3.34. The first kappa shape index (κ1) is 10.7. The van der Waals surface area contributed by atoms with E-state index in [4.69, 9.17) is 0 Å². The highest BCUT2D eigenvalue weighted by Gasteiger charge is 2.27. The Kier molecular flexibility index (Phi) is 3.11. The Morgan fingerprint density at radius 3 is 2.20 bits per heavy atom. The summed E-state index contributed by atoms with van der Waals surface area (Å²) < 4.78 is 0. The minimum atomic E-state index is -0.127. The lowest BCUT2D eigenvalue weighted by atomic mass is 9.92. The topological polar surface area (TPSA) is 20.2 Å². The van der Waals surface area contributed by atoms with Crippen LogP contribution in [0.25, 0.3) is 0 Å². The Balaban J connectivity index is 2.00. The van der Waals surface area contributed by atoms with Crippen LogP contribution in [0.3, 0.4) is 0 Å². The molecule has 1 nitrogen and oxygen atoms in total. The van der Waals surface area contributed by atoms with Crippen molar-refractivity contribution in [3.8, 4) is 0 Å². The van der Waals surface area contributed by atoms with Gasteiger partial charge >= 0.3 is 0 Å². The SMILES string of the molecule is CC(C)CC(O)C1Cc2ccccc2C1. The molecule has 0 aromatic heterocycles. The zero-order valence-electron chi connectivity index (χ0n) is 9.61. The molecule has 0 fully saturated rings. The first-order chi connectivity index (χ1) is 7.16. The molecule has 1 atom stereocenters. The molecule has 1 N–H and O–H groups in total. The van der Waals surface area contributed by atoms with E-state index in [-0.39, 0.29) is 6.10 Å². The van der Waals surface area contributed by atoms with Crippen molar-refractivity contribution in [1.29, 1.82) is 0 Å². The average molecular weight is 204 g/mol. The van der Waals surface area contributed by atoms with Gasteiger partial charge in [-0.3, -0.25) is 0 Å². The third-order valence-corrected chi connectivity index (χ3v) is 3.34. The number of hydrogen-bond acceptors (Lipinski definition) is 1. The third kappa shape index (κ3) is 2.40. The minimum absolute atomic E-state index is 0.127. The first-order valence-corrected chi connectivity index (χ1v) is 5.91. The molecule has 0 bridgehead atoms. The molecule has 0 amide bonds. The van der Waals surface area contributed by atoms with Crippen LogP contribution in [0.4, 0.5) is 0 Å². The predicted molar refractivity (Wildman–Crippen MR) is 62.8 cm³/mol. The Labute approximate surface area is 92.1 Å². The van der Waals surface area contributed by atoms with Crippen molar-refractivity contribution in [3.63, 3.8) is 0 Å². The summed E-state index contributed by atoms with van der Waals surface area (Å²) in [6.45, 7) is 4.34. The van der Waals surface area contributed by atoms with Gasteiger partial charge in [0.15, 0.2) is 0 Å². The second-order valence-electron chi connectivity index (χ2n) is 5.13. The number of fused-ring (bicyclic) bond motifs is 1. The predicted octanol–water partition coefficient (Wildman–Crippen LogP) is 2.81. The molecule has 1 aromatic rings. The van der Waals surface area contributed by atoms with Gasteiger partial charge in [-0.15, -0.1) is 0 Å². The Morgan fingerprint density at radius 2 is 1.73 bits per heavy atom. The fraction of sp³-hybridized carbons (Fsp3) is 0.571. The van der Waals surface area contributed by atoms with Crippen LogP contribution in [0.5, 0.6) is 0 Å². The zero-order valence-corrected chi connectivity index (χ0v) is 9.61. The highest BCUT2D eigenvalue weighted by Crippen LogP contribution is 2.30. The van der Waals surface area contributed by atoms with Crippen molar-refractivity contribution in [1.82, 2.24) is 0 Å². The molecule has 0 radical (unpaired) electrons. The van der Waals surface area contributed by atoms with Gasteiger partial charge in [-0.2, -0.15) is 0 Å². The lowest BCUT2D eigenvalue weighted by molar-refractivity contribution is 0.0909. The second-order valence-corrected chi connectivity index (χ2v) is 5.13. The average Bonchev–Trinajstić information content (AvgIpc) is 2.59. The minimum Gasteiger partial charge on any atom is -0.393 e. The smallest absolute Gasteiger partial charge is 0.0577 e. The van der Waals surface area contributed by atoms with Crippen molar-refractivity contribution in [2.75, 3.05) is 0 Å². The van der Waals surface area contributed by atoms with Gasteiger partial charge in [0.05, 0.1) is 6.10 Å². The summed E-state index contributed by atoms with van der Waals surface area (Å²) in [6.07, 6.45) is 2.92. The zero-order chi connectivity index (χ0) is 10.8. The monoisotopic (exact) mass is 204 g/mol. The lowest BCUT2D eigenvalue weighted by Crippen LogP contribution is -2.22. The molecule has 1 unspecified atom stereocenters. The van der Waals surface area contributed by atoms with Gasteiger partial charge in [-0.25, -0.2) is 0 Å².